The van der Waals surface area contributed by atoms with Crippen molar-refractivity contribution in [1.29, 1.82) is 0 Å². The first-order valence-corrected chi connectivity index (χ1v) is 13.0. The number of H-pyrrole nitrogens is 1. The molecule has 2 N–H and O–H groups in total. The zero-order valence-corrected chi connectivity index (χ0v) is 21.4. The fourth-order valence-electron chi connectivity index (χ4n) is 5.27. The van der Waals surface area contributed by atoms with Crippen molar-refractivity contribution in [3.8, 4) is 0 Å². The van der Waals surface area contributed by atoms with E-state index in [-0.39, 0.29) is 23.7 Å². The van der Waals surface area contributed by atoms with Crippen molar-refractivity contribution >= 4 is 17.8 Å². The standard InChI is InChI=1S/C26H42N4O4/c1-5-34-26(33)24-19(3)22(20(4)28-24)8-9-23(31)30-16-11-21(12-17-30)25(32)27-13-10-18(2)29-14-6-7-15-29/h18,21,28H,5-17H2,1-4H3,(H,27,32)/t18-/m1/s1. The molecule has 190 valence electrons. The van der Waals surface area contributed by atoms with Crippen LogP contribution in [-0.4, -0.2) is 77.9 Å². The van der Waals surface area contributed by atoms with Gasteiger partial charge in [-0.25, -0.2) is 4.79 Å². The molecule has 0 saturated carbocycles. The van der Waals surface area contributed by atoms with Gasteiger partial charge in [0.15, 0.2) is 0 Å². The Bertz CT molecular complexity index is 851. The highest BCUT2D eigenvalue weighted by atomic mass is 16.5. The average Bonchev–Trinajstić information content (AvgIpc) is 3.46. The van der Waals surface area contributed by atoms with Gasteiger partial charge in [-0.2, -0.15) is 0 Å². The summed E-state index contributed by atoms with van der Waals surface area (Å²) in [5.41, 5.74) is 3.25. The van der Waals surface area contributed by atoms with E-state index in [4.69, 9.17) is 4.74 Å². The predicted octanol–water partition coefficient (Wildman–Crippen LogP) is 2.97. The summed E-state index contributed by atoms with van der Waals surface area (Å²) in [6.07, 6.45) is 5.97. The quantitative estimate of drug-likeness (QED) is 0.509. The summed E-state index contributed by atoms with van der Waals surface area (Å²) in [5.74, 6) is -0.124. The number of likely N-dealkylation sites (tertiary alicyclic amines) is 2. The highest BCUT2D eigenvalue weighted by Gasteiger charge is 2.28. The Morgan fingerprint density at radius 1 is 1.12 bits per heavy atom. The molecule has 2 saturated heterocycles. The minimum Gasteiger partial charge on any atom is -0.461 e. The van der Waals surface area contributed by atoms with Gasteiger partial charge in [0.05, 0.1) is 6.61 Å². The van der Waals surface area contributed by atoms with Gasteiger partial charge in [0, 0.05) is 43.7 Å². The van der Waals surface area contributed by atoms with Crippen LogP contribution in [0.15, 0.2) is 0 Å². The molecule has 2 aliphatic rings. The van der Waals surface area contributed by atoms with Crippen molar-refractivity contribution in [1.82, 2.24) is 20.1 Å². The topological polar surface area (TPSA) is 94.7 Å². The van der Waals surface area contributed by atoms with E-state index < -0.39 is 0 Å². The van der Waals surface area contributed by atoms with Crippen LogP contribution < -0.4 is 5.32 Å². The summed E-state index contributed by atoms with van der Waals surface area (Å²) in [6.45, 7) is 12.5. The third-order valence-corrected chi connectivity index (χ3v) is 7.51. The molecule has 8 nitrogen and oxygen atoms in total. The second-order valence-electron chi connectivity index (χ2n) is 9.78. The molecule has 1 atom stereocenters. The molecule has 8 heteroatoms. The number of hydrogen-bond donors (Lipinski definition) is 2. The molecule has 1 aromatic rings. The largest absolute Gasteiger partial charge is 0.461 e. The number of amides is 2. The molecule has 0 radical (unpaired) electrons. The molecule has 0 aliphatic carbocycles. The lowest BCUT2D eigenvalue weighted by molar-refractivity contribution is -0.135. The molecule has 0 aromatic carbocycles. The van der Waals surface area contributed by atoms with Gasteiger partial charge in [0.2, 0.25) is 11.8 Å². The lowest BCUT2D eigenvalue weighted by Crippen LogP contribution is -2.43. The lowest BCUT2D eigenvalue weighted by atomic mass is 9.95. The van der Waals surface area contributed by atoms with Gasteiger partial charge in [-0.15, -0.1) is 0 Å². The van der Waals surface area contributed by atoms with Crippen LogP contribution in [-0.2, 0) is 20.7 Å². The summed E-state index contributed by atoms with van der Waals surface area (Å²) in [4.78, 5) is 45.0. The van der Waals surface area contributed by atoms with Crippen LogP contribution >= 0.6 is 0 Å². The van der Waals surface area contributed by atoms with E-state index in [1.54, 1.807) is 6.92 Å². The molecule has 0 bridgehead atoms. The second kappa shape index (κ2) is 12.4. The van der Waals surface area contributed by atoms with Crippen LogP contribution in [0.2, 0.25) is 0 Å². The number of rotatable bonds is 10. The number of aromatic nitrogens is 1. The number of nitrogens with zero attached hydrogens (tertiary/aromatic N) is 2. The van der Waals surface area contributed by atoms with E-state index in [1.165, 1.54) is 25.9 Å². The summed E-state index contributed by atoms with van der Waals surface area (Å²) in [6, 6.07) is 0.517. The normalized spacial score (nSPS) is 18.2. The van der Waals surface area contributed by atoms with Crippen LogP contribution in [0.1, 0.15) is 79.7 Å². The van der Waals surface area contributed by atoms with Gasteiger partial charge in [-0.3, -0.25) is 9.59 Å². The van der Waals surface area contributed by atoms with Gasteiger partial charge < -0.3 is 24.8 Å². The third kappa shape index (κ3) is 6.62. The van der Waals surface area contributed by atoms with E-state index in [1.807, 2.05) is 18.7 Å². The first kappa shape index (κ1) is 26.3. The number of aryl methyl sites for hydroxylation is 1. The predicted molar refractivity (Wildman–Crippen MR) is 132 cm³/mol. The zero-order valence-electron chi connectivity index (χ0n) is 21.4. The van der Waals surface area contributed by atoms with Gasteiger partial charge >= 0.3 is 5.97 Å². The average molecular weight is 475 g/mol. The van der Waals surface area contributed by atoms with E-state index in [0.717, 1.165) is 29.8 Å². The molecule has 3 heterocycles. The number of piperidine rings is 1. The van der Waals surface area contributed by atoms with Crippen LogP contribution in [0.5, 0.6) is 0 Å². The second-order valence-corrected chi connectivity index (χ2v) is 9.78. The molecule has 2 fully saturated rings. The highest BCUT2D eigenvalue weighted by Crippen LogP contribution is 2.22. The maximum atomic E-state index is 12.8. The SMILES string of the molecule is CCOC(=O)c1[nH]c(C)c(CCC(=O)N2CCC(C(=O)NCC[C@@H](C)N3CCCC3)CC2)c1C. The third-order valence-electron chi connectivity index (χ3n) is 7.51. The first-order chi connectivity index (χ1) is 16.3. The maximum absolute atomic E-state index is 12.8. The van der Waals surface area contributed by atoms with Crippen LogP contribution in [0.4, 0.5) is 0 Å². The smallest absolute Gasteiger partial charge is 0.355 e. The number of hydrogen-bond acceptors (Lipinski definition) is 5. The van der Waals surface area contributed by atoms with E-state index in [2.05, 4.69) is 22.1 Å². The van der Waals surface area contributed by atoms with Gasteiger partial charge in [0.25, 0.3) is 0 Å². The van der Waals surface area contributed by atoms with Gasteiger partial charge in [0.1, 0.15) is 5.69 Å². The summed E-state index contributed by atoms with van der Waals surface area (Å²) in [7, 11) is 0. The summed E-state index contributed by atoms with van der Waals surface area (Å²) >= 11 is 0. The Kier molecular flexibility index (Phi) is 9.56. The molecule has 2 amide bonds. The van der Waals surface area contributed by atoms with Gasteiger partial charge in [-0.1, -0.05) is 0 Å². The number of esters is 1. The molecule has 2 aliphatic heterocycles. The number of carbonyl (C=O) groups excluding carboxylic acids is 3. The Morgan fingerprint density at radius 2 is 1.79 bits per heavy atom. The van der Waals surface area contributed by atoms with Crippen molar-refractivity contribution in [2.75, 3.05) is 39.3 Å². The Hall–Kier alpha value is -2.35. The zero-order chi connectivity index (χ0) is 24.7. The molecule has 0 spiro atoms. The van der Waals surface area contributed by atoms with E-state index in [9.17, 15) is 14.4 Å². The van der Waals surface area contributed by atoms with Crippen LogP contribution in [0.3, 0.4) is 0 Å². The molecule has 1 aromatic heterocycles. The number of aromatic amines is 1. The lowest BCUT2D eigenvalue weighted by Gasteiger charge is -2.31. The Balaban J connectivity index is 1.39. The fraction of sp³-hybridized carbons (Fsp3) is 0.731. The van der Waals surface area contributed by atoms with Crippen molar-refractivity contribution < 1.29 is 19.1 Å². The van der Waals surface area contributed by atoms with E-state index in [0.29, 0.717) is 57.1 Å². The number of nitrogens with one attached hydrogen (secondary N) is 2. The number of ether oxygens (including phenoxy) is 1. The maximum Gasteiger partial charge on any atom is 0.355 e. The van der Waals surface area contributed by atoms with Crippen molar-refractivity contribution in [3.63, 3.8) is 0 Å². The molecule has 0 unspecified atom stereocenters. The van der Waals surface area contributed by atoms with Crippen LogP contribution in [0.25, 0.3) is 0 Å². The molecular formula is C26H42N4O4. The Labute approximate surface area is 203 Å². The molecule has 3 rings (SSSR count). The van der Waals surface area contributed by atoms with Crippen molar-refractivity contribution in [2.24, 2.45) is 5.92 Å². The summed E-state index contributed by atoms with van der Waals surface area (Å²) in [5, 5.41) is 3.12. The van der Waals surface area contributed by atoms with Gasteiger partial charge in [-0.05, 0) is 90.4 Å². The molecule has 34 heavy (non-hydrogen) atoms. The minimum atomic E-state index is -0.355. The summed E-state index contributed by atoms with van der Waals surface area (Å²) < 4.78 is 5.11. The minimum absolute atomic E-state index is 0.00700. The number of carbonyl (C=O) groups is 3. The van der Waals surface area contributed by atoms with Crippen molar-refractivity contribution in [3.05, 3.63) is 22.5 Å². The van der Waals surface area contributed by atoms with E-state index >= 15 is 0 Å². The Morgan fingerprint density at radius 3 is 2.44 bits per heavy atom. The van der Waals surface area contributed by atoms with Crippen molar-refractivity contribution in [2.45, 2.75) is 78.7 Å². The monoisotopic (exact) mass is 474 g/mol. The molecular weight excluding hydrogens is 432 g/mol. The first-order valence-electron chi connectivity index (χ1n) is 13.0. The highest BCUT2D eigenvalue weighted by molar-refractivity contribution is 5.90. The fourth-order valence-corrected chi connectivity index (χ4v) is 5.27. The van der Waals surface area contributed by atoms with Crippen LogP contribution in [0, 0.1) is 19.8 Å².